The van der Waals surface area contributed by atoms with Gasteiger partial charge in [-0.1, -0.05) is 11.6 Å². The molecule has 1 heterocycles. The summed E-state index contributed by atoms with van der Waals surface area (Å²) in [5, 5.41) is 4.67. The Hall–Kier alpha value is -0.780. The lowest BCUT2D eigenvalue weighted by Crippen LogP contribution is -2.36. The first kappa shape index (κ1) is 15.3. The highest BCUT2D eigenvalue weighted by molar-refractivity contribution is 7.14. The molecule has 0 saturated carbocycles. The normalized spacial score (nSPS) is 13.2. The number of hydrogen-bond acceptors (Lipinski definition) is 4. The molecule has 0 aliphatic carbocycles. The number of amides is 1. The van der Waals surface area contributed by atoms with Gasteiger partial charge in [-0.05, 0) is 37.8 Å². The van der Waals surface area contributed by atoms with E-state index in [1.54, 1.807) is 0 Å². The van der Waals surface area contributed by atoms with Crippen LogP contribution < -0.4 is 11.1 Å². The molecule has 0 spiro atoms. The van der Waals surface area contributed by atoms with E-state index in [-0.39, 0.29) is 5.92 Å². The van der Waals surface area contributed by atoms with Gasteiger partial charge in [0.2, 0.25) is 0 Å². The van der Waals surface area contributed by atoms with E-state index in [1.807, 2.05) is 32.2 Å². The largest absolute Gasteiger partial charge is 0.444 e. The summed E-state index contributed by atoms with van der Waals surface area (Å²) < 4.78 is 5.88. The second-order valence-corrected chi connectivity index (χ2v) is 6.54. The molecular weight excluding hydrogens is 272 g/mol. The van der Waals surface area contributed by atoms with Crippen LogP contribution in [0.2, 0.25) is 4.34 Å². The molecule has 1 atom stereocenters. The molecule has 0 radical (unpaired) electrons. The van der Waals surface area contributed by atoms with E-state index in [1.165, 1.54) is 11.3 Å². The summed E-state index contributed by atoms with van der Waals surface area (Å²) in [5.41, 5.74) is 6.25. The number of nitrogens with one attached hydrogen (secondary N) is 1. The Kier molecular flexibility index (Phi) is 5.44. The molecule has 0 aliphatic heterocycles. The van der Waals surface area contributed by atoms with Crippen molar-refractivity contribution in [1.29, 1.82) is 0 Å². The van der Waals surface area contributed by atoms with Gasteiger partial charge in [-0.2, -0.15) is 0 Å². The quantitative estimate of drug-likeness (QED) is 0.896. The molecule has 0 aromatic carbocycles. The second-order valence-electron chi connectivity index (χ2n) is 5.00. The van der Waals surface area contributed by atoms with Gasteiger partial charge in [0, 0.05) is 19.0 Å². The third-order valence-corrected chi connectivity index (χ3v) is 3.34. The molecule has 4 nitrogen and oxygen atoms in total. The Balaban J connectivity index is 2.48. The highest BCUT2D eigenvalue weighted by atomic mass is 35.5. The molecule has 6 heteroatoms. The Morgan fingerprint density at radius 1 is 1.61 bits per heavy atom. The maximum absolute atomic E-state index is 11.5. The maximum Gasteiger partial charge on any atom is 0.407 e. The van der Waals surface area contributed by atoms with Crippen molar-refractivity contribution in [3.05, 3.63) is 21.3 Å². The van der Waals surface area contributed by atoms with Crippen LogP contribution in [0, 0.1) is 0 Å². The average molecular weight is 291 g/mol. The van der Waals surface area contributed by atoms with Crippen molar-refractivity contribution in [2.75, 3.05) is 13.1 Å². The zero-order valence-electron chi connectivity index (χ0n) is 10.8. The van der Waals surface area contributed by atoms with Crippen molar-refractivity contribution < 1.29 is 9.53 Å². The Bertz CT molecular complexity index is 401. The topological polar surface area (TPSA) is 64.3 Å². The van der Waals surface area contributed by atoms with Crippen LogP contribution in [0.25, 0.3) is 0 Å². The third-order valence-electron chi connectivity index (χ3n) is 2.24. The number of alkyl carbamates (subject to hydrolysis) is 1. The third kappa shape index (κ3) is 5.25. The minimum atomic E-state index is -0.492. The van der Waals surface area contributed by atoms with E-state index >= 15 is 0 Å². The molecule has 0 fully saturated rings. The van der Waals surface area contributed by atoms with E-state index < -0.39 is 11.7 Å². The minimum Gasteiger partial charge on any atom is -0.444 e. The van der Waals surface area contributed by atoms with Crippen molar-refractivity contribution in [2.24, 2.45) is 5.73 Å². The van der Waals surface area contributed by atoms with E-state index in [2.05, 4.69) is 5.32 Å². The van der Waals surface area contributed by atoms with Crippen LogP contribution in [-0.4, -0.2) is 24.8 Å². The molecule has 0 aliphatic rings. The van der Waals surface area contributed by atoms with E-state index in [4.69, 9.17) is 22.1 Å². The van der Waals surface area contributed by atoms with Crippen molar-refractivity contribution in [3.63, 3.8) is 0 Å². The molecule has 3 N–H and O–H groups in total. The summed E-state index contributed by atoms with van der Waals surface area (Å²) in [4.78, 5) is 11.5. The van der Waals surface area contributed by atoms with Crippen molar-refractivity contribution in [2.45, 2.75) is 32.3 Å². The van der Waals surface area contributed by atoms with E-state index in [0.717, 1.165) is 9.90 Å². The van der Waals surface area contributed by atoms with Crippen LogP contribution in [-0.2, 0) is 4.74 Å². The molecule has 1 aromatic heterocycles. The molecule has 1 amide bonds. The first-order valence-corrected chi connectivity index (χ1v) is 6.98. The smallest absolute Gasteiger partial charge is 0.407 e. The number of carbonyl (C=O) groups excluding carboxylic acids is 1. The van der Waals surface area contributed by atoms with Gasteiger partial charge in [-0.3, -0.25) is 0 Å². The Morgan fingerprint density at radius 3 is 2.72 bits per heavy atom. The van der Waals surface area contributed by atoms with Crippen LogP contribution >= 0.6 is 22.9 Å². The molecular formula is C12H19ClN2O2S. The van der Waals surface area contributed by atoms with Gasteiger partial charge in [0.25, 0.3) is 0 Å². The van der Waals surface area contributed by atoms with Gasteiger partial charge < -0.3 is 15.8 Å². The number of ether oxygens (including phenoxy) is 1. The van der Waals surface area contributed by atoms with Gasteiger partial charge in [-0.25, -0.2) is 4.79 Å². The fourth-order valence-electron chi connectivity index (χ4n) is 1.40. The van der Waals surface area contributed by atoms with Gasteiger partial charge in [0.1, 0.15) is 5.60 Å². The first-order valence-electron chi connectivity index (χ1n) is 5.72. The molecule has 1 unspecified atom stereocenters. The summed E-state index contributed by atoms with van der Waals surface area (Å²) in [7, 11) is 0. The SMILES string of the molecule is CC(C)(C)OC(=O)NCC(CN)c1csc(Cl)c1. The Morgan fingerprint density at radius 2 is 2.28 bits per heavy atom. The molecule has 102 valence electrons. The summed E-state index contributed by atoms with van der Waals surface area (Å²) >= 11 is 7.34. The molecule has 0 bridgehead atoms. The van der Waals surface area contributed by atoms with Gasteiger partial charge in [-0.15, -0.1) is 11.3 Å². The Labute approximate surface area is 116 Å². The highest BCUT2D eigenvalue weighted by Gasteiger charge is 2.18. The van der Waals surface area contributed by atoms with Gasteiger partial charge in [0.05, 0.1) is 4.34 Å². The van der Waals surface area contributed by atoms with Crippen LogP contribution in [0.15, 0.2) is 11.4 Å². The van der Waals surface area contributed by atoms with Gasteiger partial charge >= 0.3 is 6.09 Å². The predicted molar refractivity (Wildman–Crippen MR) is 75.4 cm³/mol. The monoisotopic (exact) mass is 290 g/mol. The minimum absolute atomic E-state index is 0.0567. The highest BCUT2D eigenvalue weighted by Crippen LogP contribution is 2.25. The maximum atomic E-state index is 11.5. The molecule has 18 heavy (non-hydrogen) atoms. The van der Waals surface area contributed by atoms with E-state index in [9.17, 15) is 4.79 Å². The van der Waals surface area contributed by atoms with Crippen LogP contribution in [0.1, 0.15) is 32.3 Å². The zero-order valence-corrected chi connectivity index (χ0v) is 12.4. The number of thiophene rings is 1. The number of nitrogens with two attached hydrogens (primary N) is 1. The van der Waals surface area contributed by atoms with Crippen molar-refractivity contribution >= 4 is 29.0 Å². The summed E-state index contributed by atoms with van der Waals surface area (Å²) in [6.07, 6.45) is -0.428. The standard InChI is InChI=1S/C12H19ClN2O2S/c1-12(2,3)17-11(16)15-6-9(5-14)8-4-10(13)18-7-8/h4,7,9H,5-6,14H2,1-3H3,(H,15,16). The van der Waals surface area contributed by atoms with Crippen LogP contribution in [0.3, 0.4) is 0 Å². The summed E-state index contributed by atoms with van der Waals surface area (Å²) in [6.45, 7) is 6.37. The van der Waals surface area contributed by atoms with Crippen LogP contribution in [0.4, 0.5) is 4.79 Å². The predicted octanol–water partition coefficient (Wildman–Crippen LogP) is 2.97. The van der Waals surface area contributed by atoms with Crippen molar-refractivity contribution in [3.8, 4) is 0 Å². The first-order chi connectivity index (χ1) is 8.31. The van der Waals surface area contributed by atoms with Crippen molar-refractivity contribution in [1.82, 2.24) is 5.32 Å². The fourth-order valence-corrected chi connectivity index (χ4v) is 2.37. The second kappa shape index (κ2) is 6.41. The number of hydrogen-bond donors (Lipinski definition) is 2. The summed E-state index contributed by atoms with van der Waals surface area (Å²) in [5.74, 6) is 0.0567. The fraction of sp³-hybridized carbons (Fsp3) is 0.583. The lowest BCUT2D eigenvalue weighted by atomic mass is 10.0. The number of carbonyl (C=O) groups is 1. The number of rotatable bonds is 4. The van der Waals surface area contributed by atoms with Gasteiger partial charge in [0.15, 0.2) is 0 Å². The lowest BCUT2D eigenvalue weighted by molar-refractivity contribution is 0.0525. The van der Waals surface area contributed by atoms with Crippen LogP contribution in [0.5, 0.6) is 0 Å². The molecule has 0 saturated heterocycles. The van der Waals surface area contributed by atoms with E-state index in [0.29, 0.717) is 13.1 Å². The summed E-state index contributed by atoms with van der Waals surface area (Å²) in [6, 6.07) is 1.88. The molecule has 1 rings (SSSR count). The lowest BCUT2D eigenvalue weighted by Gasteiger charge is -2.21. The molecule has 1 aromatic rings. The average Bonchev–Trinajstić information content (AvgIpc) is 2.63. The zero-order chi connectivity index (χ0) is 13.8. The number of halogens is 1.